The number of aliphatic hydroxyl groups excluding tert-OH is 1. The number of β-amino-alcohol motifs (C(OH)–C–C–N with tert-alkyl or cyclic N) is 1. The molecule has 2 aliphatic heterocycles. The van der Waals surface area contributed by atoms with Crippen LogP contribution in [0, 0.1) is 5.92 Å². The maximum Gasteiger partial charge on any atom is 0.227 e. The lowest BCUT2D eigenvalue weighted by Gasteiger charge is -2.31. The van der Waals surface area contributed by atoms with E-state index in [9.17, 15) is 14.7 Å². The van der Waals surface area contributed by atoms with E-state index in [2.05, 4.69) is 10.6 Å². The van der Waals surface area contributed by atoms with E-state index >= 15 is 0 Å². The number of amides is 2. The minimum Gasteiger partial charge on any atom is -0.390 e. The Kier molecular flexibility index (Phi) is 3.63. The molecule has 2 heterocycles. The average Bonchev–Trinajstić information content (AvgIpc) is 2.74. The Bertz CT molecular complexity index is 311. The number of hydrogen-bond donors (Lipinski definition) is 3. The van der Waals surface area contributed by atoms with Crippen LogP contribution in [0.5, 0.6) is 0 Å². The zero-order valence-electron chi connectivity index (χ0n) is 9.98. The molecule has 0 aromatic carbocycles. The number of piperidine rings is 1. The number of aliphatic hydroxyl groups is 1. The van der Waals surface area contributed by atoms with Gasteiger partial charge in [-0.25, -0.2) is 0 Å². The SMILES string of the molecule is CN(C(=O)C1CCC(=O)NC1)[C@@H]1CNC[C@H]1O. The fourth-order valence-electron chi connectivity index (χ4n) is 2.44. The molecule has 0 aliphatic carbocycles. The minimum atomic E-state index is -0.498. The highest BCUT2D eigenvalue weighted by Gasteiger charge is 2.35. The Balaban J connectivity index is 1.92. The van der Waals surface area contributed by atoms with Crippen molar-refractivity contribution in [2.45, 2.75) is 25.0 Å². The molecule has 2 saturated heterocycles. The van der Waals surface area contributed by atoms with Crippen molar-refractivity contribution < 1.29 is 14.7 Å². The lowest BCUT2D eigenvalue weighted by Crippen LogP contribution is -2.50. The van der Waals surface area contributed by atoms with E-state index in [-0.39, 0.29) is 23.8 Å². The van der Waals surface area contributed by atoms with E-state index in [1.807, 2.05) is 0 Å². The Labute approximate surface area is 100 Å². The third-order valence-electron chi connectivity index (χ3n) is 3.61. The third kappa shape index (κ3) is 2.58. The second-order valence-electron chi connectivity index (χ2n) is 4.78. The number of rotatable bonds is 2. The maximum absolute atomic E-state index is 12.2. The molecule has 6 nitrogen and oxygen atoms in total. The summed E-state index contributed by atoms with van der Waals surface area (Å²) in [5.74, 6) is -0.123. The highest BCUT2D eigenvalue weighted by Crippen LogP contribution is 2.17. The summed E-state index contributed by atoms with van der Waals surface area (Å²) in [6, 6.07) is -0.153. The van der Waals surface area contributed by atoms with E-state index in [4.69, 9.17) is 0 Å². The summed E-state index contributed by atoms with van der Waals surface area (Å²) in [6.07, 6.45) is 0.517. The molecule has 96 valence electrons. The normalized spacial score (nSPS) is 33.3. The van der Waals surface area contributed by atoms with E-state index in [1.54, 1.807) is 11.9 Å². The quantitative estimate of drug-likeness (QED) is 0.538. The smallest absolute Gasteiger partial charge is 0.227 e. The second kappa shape index (κ2) is 5.01. The highest BCUT2D eigenvalue weighted by atomic mass is 16.3. The van der Waals surface area contributed by atoms with Crippen LogP contribution in [0.3, 0.4) is 0 Å². The van der Waals surface area contributed by atoms with Crippen LogP contribution in [0.4, 0.5) is 0 Å². The number of hydrogen-bond acceptors (Lipinski definition) is 4. The minimum absolute atomic E-state index is 0.0118. The summed E-state index contributed by atoms with van der Waals surface area (Å²) in [5.41, 5.74) is 0. The summed E-state index contributed by atoms with van der Waals surface area (Å²) < 4.78 is 0. The van der Waals surface area contributed by atoms with Gasteiger partial charge in [-0.15, -0.1) is 0 Å². The standard InChI is InChI=1S/C11H19N3O3/c1-14(8-5-12-6-9(8)15)11(17)7-2-3-10(16)13-4-7/h7-9,12,15H,2-6H2,1H3,(H,13,16)/t7?,8-,9-/m1/s1. The molecule has 0 bridgehead atoms. The van der Waals surface area contributed by atoms with Crippen LogP contribution < -0.4 is 10.6 Å². The molecule has 0 radical (unpaired) electrons. The molecular weight excluding hydrogens is 222 g/mol. The fourth-order valence-corrected chi connectivity index (χ4v) is 2.44. The summed E-state index contributed by atoms with van der Waals surface area (Å²) in [5, 5.41) is 15.5. The van der Waals surface area contributed by atoms with E-state index in [0.717, 1.165) is 0 Å². The number of carbonyl (C=O) groups excluding carboxylic acids is 2. The van der Waals surface area contributed by atoms with Crippen molar-refractivity contribution in [1.82, 2.24) is 15.5 Å². The van der Waals surface area contributed by atoms with Gasteiger partial charge in [0.15, 0.2) is 0 Å². The molecule has 6 heteroatoms. The Morgan fingerprint density at radius 1 is 1.41 bits per heavy atom. The summed E-state index contributed by atoms with van der Waals surface area (Å²) >= 11 is 0. The predicted molar refractivity (Wildman–Crippen MR) is 61.2 cm³/mol. The Morgan fingerprint density at radius 3 is 2.71 bits per heavy atom. The van der Waals surface area contributed by atoms with Gasteiger partial charge >= 0.3 is 0 Å². The number of nitrogens with one attached hydrogen (secondary N) is 2. The summed E-state index contributed by atoms with van der Waals surface area (Å²) in [4.78, 5) is 24.8. The molecule has 0 aromatic rings. The molecule has 2 aliphatic rings. The molecule has 0 spiro atoms. The first kappa shape index (κ1) is 12.3. The van der Waals surface area contributed by atoms with Gasteiger partial charge in [-0.3, -0.25) is 9.59 Å². The summed E-state index contributed by atoms with van der Waals surface area (Å²) in [6.45, 7) is 1.57. The van der Waals surface area contributed by atoms with Crippen LogP contribution in [0.25, 0.3) is 0 Å². The molecule has 0 saturated carbocycles. The van der Waals surface area contributed by atoms with Gasteiger partial charge in [-0.05, 0) is 6.42 Å². The van der Waals surface area contributed by atoms with Gasteiger partial charge < -0.3 is 20.6 Å². The lowest BCUT2D eigenvalue weighted by molar-refractivity contribution is -0.139. The van der Waals surface area contributed by atoms with Crippen molar-refractivity contribution in [1.29, 1.82) is 0 Å². The van der Waals surface area contributed by atoms with Gasteiger partial charge in [0, 0.05) is 33.1 Å². The zero-order chi connectivity index (χ0) is 12.4. The largest absolute Gasteiger partial charge is 0.390 e. The fraction of sp³-hybridized carbons (Fsp3) is 0.818. The third-order valence-corrected chi connectivity index (χ3v) is 3.61. The zero-order valence-corrected chi connectivity index (χ0v) is 9.98. The van der Waals surface area contributed by atoms with Crippen LogP contribution in [-0.2, 0) is 9.59 Å². The van der Waals surface area contributed by atoms with Crippen molar-refractivity contribution in [2.24, 2.45) is 5.92 Å². The van der Waals surface area contributed by atoms with Crippen molar-refractivity contribution in [3.05, 3.63) is 0 Å². The van der Waals surface area contributed by atoms with Gasteiger partial charge in [0.2, 0.25) is 11.8 Å². The molecule has 2 rings (SSSR count). The van der Waals surface area contributed by atoms with Crippen molar-refractivity contribution >= 4 is 11.8 Å². The van der Waals surface area contributed by atoms with Crippen LogP contribution in [0.1, 0.15) is 12.8 Å². The van der Waals surface area contributed by atoms with E-state index in [0.29, 0.717) is 32.5 Å². The topological polar surface area (TPSA) is 81.7 Å². The molecule has 2 amide bonds. The molecule has 3 atom stereocenters. The van der Waals surface area contributed by atoms with Crippen LogP contribution >= 0.6 is 0 Å². The van der Waals surface area contributed by atoms with Crippen molar-refractivity contribution in [2.75, 3.05) is 26.7 Å². The molecule has 17 heavy (non-hydrogen) atoms. The Morgan fingerprint density at radius 2 is 2.18 bits per heavy atom. The Hall–Kier alpha value is -1.14. The molecule has 1 unspecified atom stereocenters. The van der Waals surface area contributed by atoms with Gasteiger partial charge in [0.1, 0.15) is 0 Å². The number of likely N-dealkylation sites (N-methyl/N-ethyl adjacent to an activating group) is 1. The highest BCUT2D eigenvalue weighted by molar-refractivity contribution is 5.83. The van der Waals surface area contributed by atoms with E-state index < -0.39 is 6.10 Å². The van der Waals surface area contributed by atoms with Gasteiger partial charge in [0.05, 0.1) is 18.1 Å². The van der Waals surface area contributed by atoms with Gasteiger partial charge in [-0.2, -0.15) is 0 Å². The number of nitrogens with zero attached hydrogens (tertiary/aromatic N) is 1. The van der Waals surface area contributed by atoms with Crippen LogP contribution in [0.15, 0.2) is 0 Å². The molecule has 0 aromatic heterocycles. The second-order valence-corrected chi connectivity index (χ2v) is 4.78. The maximum atomic E-state index is 12.2. The predicted octanol–water partition coefficient (Wildman–Crippen LogP) is -1.70. The van der Waals surface area contributed by atoms with Gasteiger partial charge in [0.25, 0.3) is 0 Å². The van der Waals surface area contributed by atoms with Crippen molar-refractivity contribution in [3.63, 3.8) is 0 Å². The molecular formula is C11H19N3O3. The van der Waals surface area contributed by atoms with Crippen molar-refractivity contribution in [3.8, 4) is 0 Å². The first-order valence-corrected chi connectivity index (χ1v) is 6.01. The monoisotopic (exact) mass is 241 g/mol. The van der Waals surface area contributed by atoms with E-state index in [1.165, 1.54) is 0 Å². The molecule has 3 N–H and O–H groups in total. The average molecular weight is 241 g/mol. The van der Waals surface area contributed by atoms with Crippen LogP contribution in [0.2, 0.25) is 0 Å². The summed E-state index contributed by atoms with van der Waals surface area (Å²) in [7, 11) is 1.72. The lowest BCUT2D eigenvalue weighted by atomic mass is 9.97. The van der Waals surface area contributed by atoms with Crippen LogP contribution in [-0.4, -0.2) is 60.6 Å². The molecule has 2 fully saturated rings. The van der Waals surface area contributed by atoms with Gasteiger partial charge in [-0.1, -0.05) is 0 Å². The first-order valence-electron chi connectivity index (χ1n) is 6.01. The first-order chi connectivity index (χ1) is 8.09. The number of carbonyl (C=O) groups is 2.